The van der Waals surface area contributed by atoms with Crippen LogP contribution in [0, 0.1) is 5.92 Å². The van der Waals surface area contributed by atoms with E-state index in [1.165, 1.54) is 22.5 Å². The van der Waals surface area contributed by atoms with Crippen LogP contribution in [0.4, 0.5) is 5.69 Å². The van der Waals surface area contributed by atoms with Crippen molar-refractivity contribution in [3.05, 3.63) is 48.0 Å². The number of phenols is 3. The second kappa shape index (κ2) is 8.37. The summed E-state index contributed by atoms with van der Waals surface area (Å²) in [6.45, 7) is 1.43. The summed E-state index contributed by atoms with van der Waals surface area (Å²) in [6.07, 6.45) is 1.11. The van der Waals surface area contributed by atoms with Crippen molar-refractivity contribution in [2.45, 2.75) is 5.92 Å². The van der Waals surface area contributed by atoms with Crippen LogP contribution in [0.15, 0.2) is 42.5 Å². The molecular formula is C18H23BrN2O5S. The molecule has 1 heterocycles. The minimum atomic E-state index is -3.59. The molecule has 0 spiro atoms. The van der Waals surface area contributed by atoms with Gasteiger partial charge in [-0.05, 0) is 35.7 Å². The molecule has 0 radical (unpaired) electrons. The zero-order valence-corrected chi connectivity index (χ0v) is 17.3. The van der Waals surface area contributed by atoms with Gasteiger partial charge in [-0.25, -0.2) is 8.42 Å². The lowest BCUT2D eigenvalue weighted by molar-refractivity contribution is 0.402. The van der Waals surface area contributed by atoms with E-state index in [1.54, 1.807) is 24.3 Å². The van der Waals surface area contributed by atoms with Gasteiger partial charge in [-0.2, -0.15) is 0 Å². The van der Waals surface area contributed by atoms with E-state index < -0.39 is 10.0 Å². The molecule has 7 nitrogen and oxygen atoms in total. The fraction of sp³-hybridized carbons (Fsp3) is 0.333. The number of hydrogen-bond acceptors (Lipinski definition) is 6. The van der Waals surface area contributed by atoms with Crippen molar-refractivity contribution in [3.63, 3.8) is 0 Å². The molecule has 148 valence electrons. The molecule has 4 N–H and O–H groups in total. The van der Waals surface area contributed by atoms with Crippen molar-refractivity contribution in [1.82, 2.24) is 5.32 Å². The van der Waals surface area contributed by atoms with Gasteiger partial charge in [-0.1, -0.05) is 18.2 Å². The second-order valence-corrected chi connectivity index (χ2v) is 8.46. The highest BCUT2D eigenvalue weighted by Crippen LogP contribution is 2.36. The molecule has 0 saturated carbocycles. The zero-order chi connectivity index (χ0) is 18.9. The average Bonchev–Trinajstić information content (AvgIpc) is 3.03. The molecule has 1 saturated heterocycles. The molecule has 2 aromatic rings. The highest BCUT2D eigenvalue weighted by Gasteiger charge is 2.33. The minimum Gasteiger partial charge on any atom is -0.506 e. The molecule has 1 aliphatic heterocycles. The fourth-order valence-electron chi connectivity index (χ4n) is 3.39. The topological polar surface area (TPSA) is 110 Å². The van der Waals surface area contributed by atoms with Gasteiger partial charge in [0.1, 0.15) is 5.75 Å². The molecule has 1 fully saturated rings. The van der Waals surface area contributed by atoms with Crippen LogP contribution in [0.1, 0.15) is 11.5 Å². The van der Waals surface area contributed by atoms with Gasteiger partial charge in [-0.3, -0.25) is 4.31 Å². The Morgan fingerprint density at radius 3 is 2.37 bits per heavy atom. The van der Waals surface area contributed by atoms with Gasteiger partial charge in [0.05, 0.1) is 11.9 Å². The van der Waals surface area contributed by atoms with Gasteiger partial charge in [0.15, 0.2) is 11.5 Å². The fourth-order valence-corrected chi connectivity index (χ4v) is 4.36. The Labute approximate surface area is 169 Å². The van der Waals surface area contributed by atoms with Crippen molar-refractivity contribution in [2.75, 3.05) is 30.2 Å². The lowest BCUT2D eigenvalue weighted by Gasteiger charge is -2.28. The van der Waals surface area contributed by atoms with E-state index in [2.05, 4.69) is 5.32 Å². The summed E-state index contributed by atoms with van der Waals surface area (Å²) in [7, 11) is -3.59. The summed E-state index contributed by atoms with van der Waals surface area (Å²) >= 11 is 0. The van der Waals surface area contributed by atoms with Gasteiger partial charge < -0.3 is 20.6 Å². The SMILES string of the molecule is Br.CS(=O)(=O)N(CC1CNCC1c1ccc(O)c(O)c1)c1ccccc1O. The first-order valence-corrected chi connectivity index (χ1v) is 10.1. The number of anilines is 1. The standard InChI is InChI=1S/C18H22N2O5S.BrH/c1-26(24,25)20(15-4-2-3-5-16(15)21)11-13-9-19-10-14(13)12-6-7-17(22)18(23)8-12;/h2-8,13-14,19,21-23H,9-11H2,1H3;1H. The van der Waals surface area contributed by atoms with Gasteiger partial charge >= 0.3 is 0 Å². The minimum absolute atomic E-state index is 0. The molecular weight excluding hydrogens is 436 g/mol. The predicted molar refractivity (Wildman–Crippen MR) is 109 cm³/mol. The van der Waals surface area contributed by atoms with Crippen LogP contribution in [-0.2, 0) is 10.0 Å². The Hall–Kier alpha value is -1.97. The Balaban J connectivity index is 0.00000261. The quantitative estimate of drug-likeness (QED) is 0.511. The summed E-state index contributed by atoms with van der Waals surface area (Å²) in [6, 6.07) is 11.0. The maximum absolute atomic E-state index is 12.3. The number of para-hydroxylation sites is 2. The van der Waals surface area contributed by atoms with E-state index in [4.69, 9.17) is 0 Å². The largest absolute Gasteiger partial charge is 0.506 e. The van der Waals surface area contributed by atoms with Crippen LogP contribution in [0.25, 0.3) is 0 Å². The number of halogens is 1. The normalized spacial score (nSPS) is 19.4. The summed E-state index contributed by atoms with van der Waals surface area (Å²) < 4.78 is 25.9. The molecule has 0 aromatic heterocycles. The molecule has 1 aliphatic rings. The number of rotatable bonds is 5. The Morgan fingerprint density at radius 1 is 1.04 bits per heavy atom. The molecule has 2 atom stereocenters. The zero-order valence-electron chi connectivity index (χ0n) is 14.7. The summed E-state index contributed by atoms with van der Waals surface area (Å²) in [5.41, 5.74) is 1.07. The third-order valence-electron chi connectivity index (χ3n) is 4.72. The predicted octanol–water partition coefficient (Wildman–Crippen LogP) is 2.15. The first-order valence-electron chi connectivity index (χ1n) is 8.25. The summed E-state index contributed by atoms with van der Waals surface area (Å²) in [5.74, 6) is -0.579. The molecule has 0 amide bonds. The van der Waals surface area contributed by atoms with E-state index in [0.717, 1.165) is 11.8 Å². The Kier molecular flexibility index (Phi) is 6.61. The van der Waals surface area contributed by atoms with E-state index >= 15 is 0 Å². The van der Waals surface area contributed by atoms with E-state index in [9.17, 15) is 23.7 Å². The maximum atomic E-state index is 12.3. The molecule has 3 rings (SSSR count). The van der Waals surface area contributed by atoms with Gasteiger partial charge in [0, 0.05) is 25.6 Å². The highest BCUT2D eigenvalue weighted by atomic mass is 79.9. The lowest BCUT2D eigenvalue weighted by Crippen LogP contribution is -2.36. The van der Waals surface area contributed by atoms with Crippen molar-refractivity contribution >= 4 is 32.7 Å². The van der Waals surface area contributed by atoms with Crippen LogP contribution in [0.5, 0.6) is 17.2 Å². The molecule has 27 heavy (non-hydrogen) atoms. The lowest BCUT2D eigenvalue weighted by atomic mass is 9.88. The van der Waals surface area contributed by atoms with E-state index in [1.807, 2.05) is 0 Å². The van der Waals surface area contributed by atoms with Crippen molar-refractivity contribution < 1.29 is 23.7 Å². The number of sulfonamides is 1. The molecule has 0 aliphatic carbocycles. The molecule has 2 unspecified atom stereocenters. The maximum Gasteiger partial charge on any atom is 0.232 e. The van der Waals surface area contributed by atoms with Gasteiger partial charge in [0.2, 0.25) is 10.0 Å². The monoisotopic (exact) mass is 458 g/mol. The summed E-state index contributed by atoms with van der Waals surface area (Å²) in [4.78, 5) is 0. The molecule has 2 aromatic carbocycles. The Bertz CT molecular complexity index is 906. The number of benzene rings is 2. The summed E-state index contributed by atoms with van der Waals surface area (Å²) in [5, 5.41) is 32.6. The van der Waals surface area contributed by atoms with Crippen LogP contribution in [-0.4, -0.2) is 49.6 Å². The van der Waals surface area contributed by atoms with Crippen LogP contribution >= 0.6 is 17.0 Å². The Morgan fingerprint density at radius 2 is 1.74 bits per heavy atom. The van der Waals surface area contributed by atoms with Crippen LogP contribution in [0.2, 0.25) is 0 Å². The van der Waals surface area contributed by atoms with Gasteiger partial charge in [-0.15, -0.1) is 17.0 Å². The number of hydrogen-bond donors (Lipinski definition) is 4. The van der Waals surface area contributed by atoms with Crippen LogP contribution in [0.3, 0.4) is 0 Å². The first kappa shape index (κ1) is 21.3. The number of nitrogens with one attached hydrogen (secondary N) is 1. The number of phenolic OH excluding ortho intramolecular Hbond substituents is 3. The highest BCUT2D eigenvalue weighted by molar-refractivity contribution is 8.93. The molecule has 9 heteroatoms. The van der Waals surface area contributed by atoms with Crippen molar-refractivity contribution in [3.8, 4) is 17.2 Å². The van der Waals surface area contributed by atoms with Crippen LogP contribution < -0.4 is 9.62 Å². The first-order chi connectivity index (χ1) is 12.3. The molecule has 0 bridgehead atoms. The smallest absolute Gasteiger partial charge is 0.232 e. The van der Waals surface area contributed by atoms with Crippen molar-refractivity contribution in [2.24, 2.45) is 5.92 Å². The van der Waals surface area contributed by atoms with E-state index in [-0.39, 0.29) is 58.3 Å². The second-order valence-electron chi connectivity index (χ2n) is 6.56. The van der Waals surface area contributed by atoms with E-state index in [0.29, 0.717) is 13.1 Å². The van der Waals surface area contributed by atoms with Gasteiger partial charge in [0.25, 0.3) is 0 Å². The third kappa shape index (κ3) is 4.66. The number of aromatic hydroxyl groups is 3. The van der Waals surface area contributed by atoms with Crippen molar-refractivity contribution in [1.29, 1.82) is 0 Å². The third-order valence-corrected chi connectivity index (χ3v) is 5.86. The number of nitrogens with zero attached hydrogens (tertiary/aromatic N) is 1. The average molecular weight is 459 g/mol.